The molecular formula is C20H22N4O2S. The highest BCUT2D eigenvalue weighted by molar-refractivity contribution is 7.99. The number of rotatable bonds is 9. The Morgan fingerprint density at radius 2 is 1.78 bits per heavy atom. The lowest BCUT2D eigenvalue weighted by Crippen LogP contribution is -2.27. The molecule has 7 heteroatoms. The number of nitrogens with zero attached hydrogens (tertiary/aromatic N) is 3. The van der Waals surface area contributed by atoms with Crippen LogP contribution < -0.4 is 10.1 Å². The van der Waals surface area contributed by atoms with Crippen LogP contribution in [0.5, 0.6) is 5.75 Å². The van der Waals surface area contributed by atoms with Gasteiger partial charge in [0.25, 0.3) is 0 Å². The van der Waals surface area contributed by atoms with E-state index in [2.05, 4.69) is 27.6 Å². The fourth-order valence-electron chi connectivity index (χ4n) is 2.43. The minimum Gasteiger partial charge on any atom is -0.486 e. The van der Waals surface area contributed by atoms with Crippen molar-refractivity contribution in [3.8, 4) is 5.75 Å². The molecular weight excluding hydrogens is 360 g/mol. The van der Waals surface area contributed by atoms with Gasteiger partial charge < -0.3 is 14.6 Å². The average Bonchev–Trinajstić information content (AvgIpc) is 3.06. The van der Waals surface area contributed by atoms with Gasteiger partial charge in [0.2, 0.25) is 5.91 Å². The van der Waals surface area contributed by atoms with Crippen molar-refractivity contribution in [1.29, 1.82) is 0 Å². The predicted octanol–water partition coefficient (Wildman–Crippen LogP) is 2.85. The van der Waals surface area contributed by atoms with E-state index < -0.39 is 0 Å². The van der Waals surface area contributed by atoms with Crippen LogP contribution in [0.3, 0.4) is 0 Å². The number of hydrogen-bond donors (Lipinski definition) is 1. The molecule has 0 bridgehead atoms. The van der Waals surface area contributed by atoms with Crippen molar-refractivity contribution in [2.45, 2.75) is 18.2 Å². The minimum absolute atomic E-state index is 0.0129. The number of hydrogen-bond acceptors (Lipinski definition) is 5. The van der Waals surface area contributed by atoms with Crippen LogP contribution in [-0.2, 0) is 24.9 Å². The summed E-state index contributed by atoms with van der Waals surface area (Å²) in [5.41, 5.74) is 1.21. The SMILES string of the molecule is Cn1c(COc2ccccc2)nnc1SCC(=O)NCCc1ccccc1. The van der Waals surface area contributed by atoms with Gasteiger partial charge in [-0.15, -0.1) is 10.2 Å². The molecule has 27 heavy (non-hydrogen) atoms. The molecule has 2 aromatic carbocycles. The first-order valence-electron chi connectivity index (χ1n) is 8.72. The van der Waals surface area contributed by atoms with Gasteiger partial charge in [-0.05, 0) is 24.1 Å². The first kappa shape index (κ1) is 19.0. The molecule has 0 fully saturated rings. The summed E-state index contributed by atoms with van der Waals surface area (Å²) in [5.74, 6) is 1.79. The summed E-state index contributed by atoms with van der Waals surface area (Å²) in [6.45, 7) is 0.954. The third-order valence-corrected chi connectivity index (χ3v) is 4.97. The Morgan fingerprint density at radius 1 is 1.07 bits per heavy atom. The van der Waals surface area contributed by atoms with E-state index in [4.69, 9.17) is 4.74 Å². The van der Waals surface area contributed by atoms with Crippen LogP contribution in [0.4, 0.5) is 0 Å². The monoisotopic (exact) mass is 382 g/mol. The third-order valence-electron chi connectivity index (χ3n) is 3.95. The van der Waals surface area contributed by atoms with Crippen LogP contribution in [0.2, 0.25) is 0 Å². The minimum atomic E-state index is -0.0129. The Hall–Kier alpha value is -2.80. The van der Waals surface area contributed by atoms with Crippen LogP contribution in [0.15, 0.2) is 65.8 Å². The summed E-state index contributed by atoms with van der Waals surface area (Å²) in [6.07, 6.45) is 0.822. The Bertz CT molecular complexity index is 853. The molecule has 0 saturated heterocycles. The molecule has 0 aliphatic heterocycles. The highest BCUT2D eigenvalue weighted by Gasteiger charge is 2.12. The molecule has 6 nitrogen and oxygen atoms in total. The van der Waals surface area contributed by atoms with Gasteiger partial charge in [-0.3, -0.25) is 4.79 Å². The fourth-order valence-corrected chi connectivity index (χ4v) is 3.19. The van der Waals surface area contributed by atoms with E-state index in [0.29, 0.717) is 29.9 Å². The van der Waals surface area contributed by atoms with Crippen LogP contribution in [0.25, 0.3) is 0 Å². The van der Waals surface area contributed by atoms with Crippen molar-refractivity contribution in [3.05, 3.63) is 72.1 Å². The standard InChI is InChI=1S/C20H22N4O2S/c1-24-18(14-26-17-10-6-3-7-11-17)22-23-20(24)27-15-19(25)21-13-12-16-8-4-2-5-9-16/h2-11H,12-15H2,1H3,(H,21,25). The lowest BCUT2D eigenvalue weighted by atomic mass is 10.1. The molecule has 0 radical (unpaired) electrons. The summed E-state index contributed by atoms with van der Waals surface area (Å²) in [5, 5.41) is 11.9. The molecule has 3 aromatic rings. The van der Waals surface area contributed by atoms with E-state index in [1.165, 1.54) is 17.3 Å². The first-order chi connectivity index (χ1) is 13.2. The highest BCUT2D eigenvalue weighted by atomic mass is 32.2. The van der Waals surface area contributed by atoms with Gasteiger partial charge in [-0.1, -0.05) is 60.3 Å². The molecule has 1 N–H and O–H groups in total. The van der Waals surface area contributed by atoms with Gasteiger partial charge in [0, 0.05) is 13.6 Å². The maximum atomic E-state index is 12.0. The van der Waals surface area contributed by atoms with Crippen LogP contribution in [0, 0.1) is 0 Å². The third kappa shape index (κ3) is 5.86. The van der Waals surface area contributed by atoms with E-state index >= 15 is 0 Å². The van der Waals surface area contributed by atoms with E-state index in [1.807, 2.05) is 60.1 Å². The number of ether oxygens (including phenoxy) is 1. The second-order valence-electron chi connectivity index (χ2n) is 5.93. The summed E-state index contributed by atoms with van der Waals surface area (Å²) in [4.78, 5) is 12.0. The van der Waals surface area contributed by atoms with Crippen molar-refractivity contribution in [1.82, 2.24) is 20.1 Å². The van der Waals surface area contributed by atoms with Gasteiger partial charge in [0.15, 0.2) is 11.0 Å². The molecule has 140 valence electrons. The molecule has 0 aliphatic carbocycles. The Balaban J connectivity index is 1.41. The molecule has 0 spiro atoms. The number of benzene rings is 2. The van der Waals surface area contributed by atoms with Gasteiger partial charge >= 0.3 is 0 Å². The van der Waals surface area contributed by atoms with E-state index in [0.717, 1.165) is 12.2 Å². The van der Waals surface area contributed by atoms with Crippen molar-refractivity contribution in [2.75, 3.05) is 12.3 Å². The largest absolute Gasteiger partial charge is 0.486 e. The quantitative estimate of drug-likeness (QED) is 0.577. The average molecular weight is 382 g/mol. The number of carbonyl (C=O) groups excluding carboxylic acids is 1. The van der Waals surface area contributed by atoms with Gasteiger partial charge in [-0.25, -0.2) is 0 Å². The fraction of sp³-hybridized carbons (Fsp3) is 0.250. The molecule has 0 saturated carbocycles. The Morgan fingerprint density at radius 3 is 2.52 bits per heavy atom. The number of para-hydroxylation sites is 1. The van der Waals surface area contributed by atoms with E-state index in [1.54, 1.807) is 0 Å². The normalized spacial score (nSPS) is 10.6. The maximum Gasteiger partial charge on any atom is 0.230 e. The zero-order valence-electron chi connectivity index (χ0n) is 15.2. The van der Waals surface area contributed by atoms with Gasteiger partial charge in [0.1, 0.15) is 12.4 Å². The van der Waals surface area contributed by atoms with Gasteiger partial charge in [-0.2, -0.15) is 0 Å². The Labute approximate surface area is 163 Å². The molecule has 1 aromatic heterocycles. The number of thioether (sulfide) groups is 1. The van der Waals surface area contributed by atoms with Gasteiger partial charge in [0.05, 0.1) is 5.75 Å². The predicted molar refractivity (Wildman–Crippen MR) is 106 cm³/mol. The molecule has 3 rings (SSSR count). The zero-order valence-corrected chi connectivity index (χ0v) is 16.0. The zero-order chi connectivity index (χ0) is 18.9. The van der Waals surface area contributed by atoms with Crippen molar-refractivity contribution < 1.29 is 9.53 Å². The van der Waals surface area contributed by atoms with E-state index in [-0.39, 0.29) is 5.91 Å². The van der Waals surface area contributed by atoms with E-state index in [9.17, 15) is 4.79 Å². The summed E-state index contributed by atoms with van der Waals surface area (Å²) < 4.78 is 7.55. The lowest BCUT2D eigenvalue weighted by molar-refractivity contribution is -0.118. The summed E-state index contributed by atoms with van der Waals surface area (Å²) in [7, 11) is 1.87. The molecule has 0 atom stereocenters. The molecule has 0 aliphatic rings. The molecule has 1 amide bonds. The van der Waals surface area contributed by atoms with Crippen LogP contribution in [-0.4, -0.2) is 33.0 Å². The highest BCUT2D eigenvalue weighted by Crippen LogP contribution is 2.17. The van der Waals surface area contributed by atoms with Crippen LogP contribution in [0.1, 0.15) is 11.4 Å². The first-order valence-corrected chi connectivity index (χ1v) is 9.70. The van der Waals surface area contributed by atoms with Crippen molar-refractivity contribution in [2.24, 2.45) is 7.05 Å². The lowest BCUT2D eigenvalue weighted by Gasteiger charge is -2.07. The molecule has 1 heterocycles. The number of aromatic nitrogens is 3. The smallest absolute Gasteiger partial charge is 0.230 e. The summed E-state index contributed by atoms with van der Waals surface area (Å²) >= 11 is 1.37. The maximum absolute atomic E-state index is 12.0. The van der Waals surface area contributed by atoms with Crippen molar-refractivity contribution in [3.63, 3.8) is 0 Å². The number of amides is 1. The van der Waals surface area contributed by atoms with Crippen LogP contribution >= 0.6 is 11.8 Å². The second kappa shape index (κ2) is 9.78. The second-order valence-corrected chi connectivity index (χ2v) is 6.88. The van der Waals surface area contributed by atoms with Crippen molar-refractivity contribution >= 4 is 17.7 Å². The number of nitrogens with one attached hydrogen (secondary N) is 1. The topological polar surface area (TPSA) is 69.0 Å². The summed E-state index contributed by atoms with van der Waals surface area (Å²) in [6, 6.07) is 19.7. The molecule has 0 unspecified atom stereocenters. The number of carbonyl (C=O) groups is 1. The Kier molecular flexibility index (Phi) is 6.87.